The van der Waals surface area contributed by atoms with Crippen molar-refractivity contribution >= 4 is 17.9 Å². The van der Waals surface area contributed by atoms with Gasteiger partial charge in [0.2, 0.25) is 0 Å². The van der Waals surface area contributed by atoms with Crippen LogP contribution in [0, 0.1) is 5.82 Å². The average Bonchev–Trinajstić information content (AvgIpc) is 3.20. The molecule has 1 aliphatic rings. The predicted molar refractivity (Wildman–Crippen MR) is 110 cm³/mol. The molecule has 29 heavy (non-hydrogen) atoms. The first-order valence-corrected chi connectivity index (χ1v) is 9.30. The number of nitrogens with zero attached hydrogens (tertiary/aromatic N) is 1. The van der Waals surface area contributed by atoms with Crippen LogP contribution < -0.4 is 15.2 Å². The Labute approximate surface area is 173 Å². The first-order chi connectivity index (χ1) is 14.1. The van der Waals surface area contributed by atoms with Crippen LogP contribution in [0.2, 0.25) is 5.02 Å². The summed E-state index contributed by atoms with van der Waals surface area (Å²) in [5, 5.41) is 0.342. The number of carbonyl (C=O) groups excluding carboxylic acids is 1. The molecule has 1 aliphatic heterocycles. The molecular weight excluding hydrogens is 395 g/mol. The Hall–Kier alpha value is -2.96. The number of hydrogen-bond donors (Lipinski definition) is 1. The molecule has 2 aromatic carbocycles. The largest absolute Gasteiger partial charge is 0.494 e. The number of hydrogen-bond acceptors (Lipinski definition) is 5. The van der Waals surface area contributed by atoms with Crippen LogP contribution >= 0.6 is 11.6 Å². The van der Waals surface area contributed by atoms with Gasteiger partial charge in [0.25, 0.3) is 0 Å². The first-order valence-electron chi connectivity index (χ1n) is 8.92. The number of ether oxygens (including phenoxy) is 2. The molecule has 0 aliphatic carbocycles. The van der Waals surface area contributed by atoms with Gasteiger partial charge >= 0.3 is 0 Å². The number of benzene rings is 2. The van der Waals surface area contributed by atoms with E-state index in [0.29, 0.717) is 29.0 Å². The van der Waals surface area contributed by atoms with Crippen molar-refractivity contribution < 1.29 is 18.7 Å². The van der Waals surface area contributed by atoms with Crippen molar-refractivity contribution in [2.75, 3.05) is 14.2 Å². The van der Waals surface area contributed by atoms with Crippen molar-refractivity contribution in [3.8, 4) is 22.6 Å². The summed E-state index contributed by atoms with van der Waals surface area (Å²) < 4.78 is 26.2. The summed E-state index contributed by atoms with van der Waals surface area (Å²) in [6, 6.07) is 11.9. The van der Waals surface area contributed by atoms with E-state index in [1.54, 1.807) is 18.3 Å². The van der Waals surface area contributed by atoms with Gasteiger partial charge in [0.15, 0.2) is 17.9 Å². The summed E-state index contributed by atoms with van der Waals surface area (Å²) in [5.74, 6) is 0.0206. The Balaban J connectivity index is 0.00000117. The van der Waals surface area contributed by atoms with Crippen molar-refractivity contribution in [1.82, 2.24) is 4.98 Å². The van der Waals surface area contributed by atoms with Crippen molar-refractivity contribution in [3.63, 3.8) is 0 Å². The van der Waals surface area contributed by atoms with Gasteiger partial charge in [-0.15, -0.1) is 0 Å². The Morgan fingerprint density at radius 2 is 2.00 bits per heavy atom. The van der Waals surface area contributed by atoms with Crippen LogP contribution in [0.1, 0.15) is 27.7 Å². The molecule has 1 atom stereocenters. The SMILES string of the molecule is CN.COc1ccc(C=O)c(-c2c(Cl)ccc3c2CC(c2ccccn2)O3)c1F. The highest BCUT2D eigenvalue weighted by Crippen LogP contribution is 2.47. The van der Waals surface area contributed by atoms with E-state index < -0.39 is 5.82 Å². The maximum atomic E-state index is 15.1. The fourth-order valence-corrected chi connectivity index (χ4v) is 3.65. The van der Waals surface area contributed by atoms with Crippen LogP contribution in [0.3, 0.4) is 0 Å². The Kier molecular flexibility index (Phi) is 6.46. The molecule has 2 heterocycles. The summed E-state index contributed by atoms with van der Waals surface area (Å²) in [6.45, 7) is 0. The topological polar surface area (TPSA) is 74.4 Å². The zero-order chi connectivity index (χ0) is 21.0. The second-order valence-electron chi connectivity index (χ2n) is 6.13. The van der Waals surface area contributed by atoms with Crippen LogP contribution in [0.4, 0.5) is 4.39 Å². The highest BCUT2D eigenvalue weighted by Gasteiger charge is 2.31. The van der Waals surface area contributed by atoms with E-state index in [-0.39, 0.29) is 23.0 Å². The average molecular weight is 415 g/mol. The van der Waals surface area contributed by atoms with Crippen LogP contribution in [0.25, 0.3) is 11.1 Å². The quantitative estimate of drug-likeness (QED) is 0.631. The number of aldehydes is 1. The standard InChI is InChI=1S/C21H15ClFNO3.CH5N/c1-26-17-7-5-12(11-25)19(21(17)23)20-13-10-18(15-4-2-3-9-24-15)27-16(13)8-6-14(20)22;1-2/h2-9,11,18H,10H2,1H3;2H2,1H3. The van der Waals surface area contributed by atoms with Gasteiger partial charge in [0, 0.05) is 39.9 Å². The fourth-order valence-electron chi connectivity index (χ4n) is 3.38. The maximum absolute atomic E-state index is 15.1. The van der Waals surface area contributed by atoms with Gasteiger partial charge in [-0.2, -0.15) is 0 Å². The molecule has 0 amide bonds. The number of nitrogens with two attached hydrogens (primary N) is 1. The third-order valence-corrected chi connectivity index (χ3v) is 4.95. The first kappa shape index (κ1) is 20.8. The summed E-state index contributed by atoms with van der Waals surface area (Å²) in [4.78, 5) is 15.9. The van der Waals surface area contributed by atoms with E-state index in [9.17, 15) is 4.79 Å². The van der Waals surface area contributed by atoms with E-state index in [1.807, 2.05) is 18.2 Å². The monoisotopic (exact) mass is 414 g/mol. The zero-order valence-corrected chi connectivity index (χ0v) is 16.7. The zero-order valence-electron chi connectivity index (χ0n) is 16.0. The van der Waals surface area contributed by atoms with Crippen LogP contribution in [0.15, 0.2) is 48.7 Å². The Morgan fingerprint density at radius 3 is 2.66 bits per heavy atom. The second-order valence-corrected chi connectivity index (χ2v) is 6.54. The van der Waals surface area contributed by atoms with Gasteiger partial charge in [-0.3, -0.25) is 9.78 Å². The molecule has 7 heteroatoms. The maximum Gasteiger partial charge on any atom is 0.173 e. The lowest BCUT2D eigenvalue weighted by Crippen LogP contribution is -2.05. The minimum atomic E-state index is -0.626. The molecule has 2 N–H and O–H groups in total. The Bertz CT molecular complexity index is 1030. The highest BCUT2D eigenvalue weighted by atomic mass is 35.5. The lowest BCUT2D eigenvalue weighted by atomic mass is 9.92. The third kappa shape index (κ3) is 3.81. The molecule has 4 rings (SSSR count). The molecule has 0 saturated heterocycles. The summed E-state index contributed by atoms with van der Waals surface area (Å²) in [6.07, 6.45) is 2.48. The molecule has 1 unspecified atom stereocenters. The van der Waals surface area contributed by atoms with E-state index in [0.717, 1.165) is 11.3 Å². The van der Waals surface area contributed by atoms with E-state index in [2.05, 4.69) is 10.7 Å². The molecule has 0 radical (unpaired) electrons. The van der Waals surface area contributed by atoms with Crippen molar-refractivity contribution in [2.45, 2.75) is 12.5 Å². The van der Waals surface area contributed by atoms with Crippen molar-refractivity contribution in [3.05, 3.63) is 76.3 Å². The number of fused-ring (bicyclic) bond motifs is 1. The van der Waals surface area contributed by atoms with E-state index in [1.165, 1.54) is 26.3 Å². The lowest BCUT2D eigenvalue weighted by Gasteiger charge is -2.14. The van der Waals surface area contributed by atoms with Crippen molar-refractivity contribution in [1.29, 1.82) is 0 Å². The summed E-state index contributed by atoms with van der Waals surface area (Å²) >= 11 is 6.44. The second kappa shape index (κ2) is 9.03. The van der Waals surface area contributed by atoms with Crippen LogP contribution in [-0.4, -0.2) is 25.4 Å². The van der Waals surface area contributed by atoms with Gasteiger partial charge in [-0.05, 0) is 43.4 Å². The molecule has 0 bridgehead atoms. The van der Waals surface area contributed by atoms with Gasteiger partial charge in [-0.25, -0.2) is 4.39 Å². The van der Waals surface area contributed by atoms with Gasteiger partial charge < -0.3 is 15.2 Å². The van der Waals surface area contributed by atoms with Crippen molar-refractivity contribution in [2.24, 2.45) is 5.73 Å². The molecule has 150 valence electrons. The predicted octanol–water partition coefficient (Wildman–Crippen LogP) is 4.61. The molecule has 5 nitrogen and oxygen atoms in total. The number of methoxy groups -OCH3 is 1. The minimum absolute atomic E-state index is 0.0458. The fraction of sp³-hybridized carbons (Fsp3) is 0.182. The van der Waals surface area contributed by atoms with Crippen LogP contribution in [0.5, 0.6) is 11.5 Å². The molecule has 0 spiro atoms. The van der Waals surface area contributed by atoms with Crippen LogP contribution in [-0.2, 0) is 6.42 Å². The minimum Gasteiger partial charge on any atom is -0.494 e. The van der Waals surface area contributed by atoms with Gasteiger partial charge in [-0.1, -0.05) is 17.7 Å². The lowest BCUT2D eigenvalue weighted by molar-refractivity contribution is 0.112. The highest BCUT2D eigenvalue weighted by molar-refractivity contribution is 6.33. The normalized spacial score (nSPS) is 14.3. The smallest absolute Gasteiger partial charge is 0.173 e. The molecule has 3 aromatic rings. The molecule has 1 aromatic heterocycles. The number of carbonyl (C=O) groups is 1. The number of aromatic nitrogens is 1. The molecule has 0 fully saturated rings. The van der Waals surface area contributed by atoms with E-state index in [4.69, 9.17) is 21.1 Å². The van der Waals surface area contributed by atoms with Gasteiger partial charge in [0.05, 0.1) is 12.8 Å². The molecular formula is C22H20ClFN2O3. The third-order valence-electron chi connectivity index (χ3n) is 4.63. The Morgan fingerprint density at radius 1 is 1.21 bits per heavy atom. The van der Waals surface area contributed by atoms with E-state index >= 15 is 4.39 Å². The summed E-state index contributed by atoms with van der Waals surface area (Å²) in [7, 11) is 2.88. The number of rotatable bonds is 4. The van der Waals surface area contributed by atoms with Gasteiger partial charge in [0.1, 0.15) is 11.9 Å². The number of pyridine rings is 1. The molecule has 0 saturated carbocycles. The number of halogens is 2. The summed E-state index contributed by atoms with van der Waals surface area (Å²) in [5.41, 5.74) is 6.79.